The number of amides is 1. The van der Waals surface area contributed by atoms with E-state index in [0.717, 1.165) is 38.7 Å². The summed E-state index contributed by atoms with van der Waals surface area (Å²) in [6.07, 6.45) is -0.462. The molecule has 0 saturated carbocycles. The molecule has 7 heteroatoms. The molecular weight excluding hydrogens is 436 g/mol. The highest BCUT2D eigenvalue weighted by atomic mass is 32.1. The quantitative estimate of drug-likeness (QED) is 0.378. The molecule has 0 atom stereocenters. The predicted molar refractivity (Wildman–Crippen MR) is 134 cm³/mol. The van der Waals surface area contributed by atoms with Crippen LogP contribution in [0.25, 0.3) is 32.1 Å². The van der Waals surface area contributed by atoms with Crippen molar-refractivity contribution in [1.29, 1.82) is 0 Å². The average Bonchev–Trinajstić information content (AvgIpc) is 3.22. The van der Waals surface area contributed by atoms with Gasteiger partial charge in [0.2, 0.25) is 0 Å². The molecule has 2 aromatic carbocycles. The fourth-order valence-corrected chi connectivity index (χ4v) is 4.77. The first kappa shape index (κ1) is 22.9. The topological polar surface area (TPSA) is 80.4 Å². The molecule has 2 heterocycles. The lowest BCUT2D eigenvalue weighted by atomic mass is 9.91. The van der Waals surface area contributed by atoms with Crippen LogP contribution in [0.1, 0.15) is 40.2 Å². The highest BCUT2D eigenvalue weighted by Crippen LogP contribution is 2.40. The fraction of sp³-hybridized carbons (Fsp3) is 0.308. The summed E-state index contributed by atoms with van der Waals surface area (Å²) in [6.45, 7) is 9.38. The second-order valence-electron chi connectivity index (χ2n) is 9.51. The third kappa shape index (κ3) is 4.46. The number of carbonyl (C=O) groups excluding carboxylic acids is 1. The number of thiophene rings is 1. The van der Waals surface area contributed by atoms with E-state index in [0.29, 0.717) is 4.70 Å². The van der Waals surface area contributed by atoms with E-state index in [1.807, 2.05) is 82.5 Å². The standard InChI is InChI=1S/C26H28N2O4S/c1-25(2,3)32-24(30)28-26(4,5)16-9-7-15(8-10-16)20-19(31-6)12-11-18-21(20)17-13-14-33-22(17)23(29)27-18/h7-14H,1-6H3,(H,27,29)(H,28,30). The van der Waals surface area contributed by atoms with Gasteiger partial charge in [0.05, 0.1) is 12.6 Å². The van der Waals surface area contributed by atoms with Gasteiger partial charge in [0.25, 0.3) is 5.56 Å². The van der Waals surface area contributed by atoms with Gasteiger partial charge >= 0.3 is 6.09 Å². The maximum atomic E-state index is 12.5. The Balaban J connectivity index is 1.78. The maximum Gasteiger partial charge on any atom is 0.408 e. The van der Waals surface area contributed by atoms with Crippen LogP contribution in [-0.4, -0.2) is 23.8 Å². The number of benzene rings is 2. The van der Waals surface area contributed by atoms with Gasteiger partial charge in [-0.25, -0.2) is 4.79 Å². The van der Waals surface area contributed by atoms with E-state index in [-0.39, 0.29) is 5.56 Å². The third-order valence-electron chi connectivity index (χ3n) is 5.48. The van der Waals surface area contributed by atoms with E-state index in [1.54, 1.807) is 7.11 Å². The number of nitrogens with one attached hydrogen (secondary N) is 2. The SMILES string of the molecule is COc1ccc2[nH]c(=O)c3sccc3c2c1-c1ccc(C(C)(C)NC(=O)OC(C)(C)C)cc1. The van der Waals surface area contributed by atoms with Gasteiger partial charge in [0.15, 0.2) is 0 Å². The maximum absolute atomic E-state index is 12.5. The highest BCUT2D eigenvalue weighted by molar-refractivity contribution is 7.17. The lowest BCUT2D eigenvalue weighted by Gasteiger charge is -2.29. The normalized spacial score (nSPS) is 12.2. The van der Waals surface area contributed by atoms with Crippen molar-refractivity contribution >= 4 is 38.4 Å². The molecule has 4 aromatic rings. The zero-order valence-electron chi connectivity index (χ0n) is 19.7. The second-order valence-corrected chi connectivity index (χ2v) is 10.4. The zero-order valence-corrected chi connectivity index (χ0v) is 20.5. The summed E-state index contributed by atoms with van der Waals surface area (Å²) in [5.41, 5.74) is 2.28. The van der Waals surface area contributed by atoms with Gasteiger partial charge in [-0.15, -0.1) is 11.3 Å². The highest BCUT2D eigenvalue weighted by Gasteiger charge is 2.26. The number of fused-ring (bicyclic) bond motifs is 3. The van der Waals surface area contributed by atoms with Gasteiger partial charge < -0.3 is 19.8 Å². The Labute approximate surface area is 196 Å². The van der Waals surface area contributed by atoms with E-state index in [2.05, 4.69) is 10.3 Å². The molecule has 2 N–H and O–H groups in total. The molecule has 0 bridgehead atoms. The summed E-state index contributed by atoms with van der Waals surface area (Å²) in [5.74, 6) is 0.723. The van der Waals surface area contributed by atoms with Crippen LogP contribution in [0.4, 0.5) is 4.79 Å². The van der Waals surface area contributed by atoms with Crippen molar-refractivity contribution in [3.8, 4) is 16.9 Å². The first-order chi connectivity index (χ1) is 15.5. The van der Waals surface area contributed by atoms with E-state index in [9.17, 15) is 9.59 Å². The number of alkyl carbamates (subject to hydrolysis) is 1. The Morgan fingerprint density at radius 1 is 1.00 bits per heavy atom. The molecule has 172 valence electrons. The molecule has 0 aliphatic carbocycles. The first-order valence-corrected chi connectivity index (χ1v) is 11.6. The van der Waals surface area contributed by atoms with Crippen LogP contribution < -0.4 is 15.6 Å². The van der Waals surface area contributed by atoms with Crippen molar-refractivity contribution in [3.05, 3.63) is 63.8 Å². The van der Waals surface area contributed by atoms with Gasteiger partial charge in [-0.2, -0.15) is 0 Å². The minimum atomic E-state index is -0.629. The molecule has 4 rings (SSSR count). The number of hydrogen-bond donors (Lipinski definition) is 2. The van der Waals surface area contributed by atoms with Crippen molar-refractivity contribution in [1.82, 2.24) is 10.3 Å². The van der Waals surface area contributed by atoms with Crippen LogP contribution in [0, 0.1) is 0 Å². The minimum Gasteiger partial charge on any atom is -0.496 e. The molecule has 0 spiro atoms. The lowest BCUT2D eigenvalue weighted by molar-refractivity contribution is 0.0470. The fourth-order valence-electron chi connectivity index (χ4n) is 3.97. The third-order valence-corrected chi connectivity index (χ3v) is 6.40. The Morgan fingerprint density at radius 2 is 1.70 bits per heavy atom. The molecular formula is C26H28N2O4S. The molecule has 0 aliphatic rings. The van der Waals surface area contributed by atoms with Crippen molar-refractivity contribution in [2.45, 2.75) is 45.8 Å². The molecule has 0 aliphatic heterocycles. The number of carbonyl (C=O) groups is 1. The number of ether oxygens (including phenoxy) is 2. The molecule has 1 amide bonds. The van der Waals surface area contributed by atoms with Crippen LogP contribution >= 0.6 is 11.3 Å². The van der Waals surface area contributed by atoms with Gasteiger partial charge in [0, 0.05) is 21.9 Å². The van der Waals surface area contributed by atoms with Crippen molar-refractivity contribution < 1.29 is 14.3 Å². The Hall–Kier alpha value is -3.32. The Kier molecular flexibility index (Phi) is 5.70. The smallest absolute Gasteiger partial charge is 0.408 e. The Morgan fingerprint density at radius 3 is 2.33 bits per heavy atom. The molecule has 2 aromatic heterocycles. The Bertz CT molecular complexity index is 1390. The number of hydrogen-bond acceptors (Lipinski definition) is 5. The second kappa shape index (κ2) is 8.23. The molecule has 0 unspecified atom stereocenters. The number of rotatable bonds is 4. The van der Waals surface area contributed by atoms with Crippen LogP contribution in [0.15, 0.2) is 52.6 Å². The molecule has 0 radical (unpaired) electrons. The predicted octanol–water partition coefficient (Wildman–Crippen LogP) is 6.18. The monoisotopic (exact) mass is 464 g/mol. The van der Waals surface area contributed by atoms with Crippen LogP contribution in [0.5, 0.6) is 5.75 Å². The van der Waals surface area contributed by atoms with E-state index >= 15 is 0 Å². The van der Waals surface area contributed by atoms with Crippen LogP contribution in [-0.2, 0) is 10.3 Å². The summed E-state index contributed by atoms with van der Waals surface area (Å²) in [5, 5.41) is 6.72. The van der Waals surface area contributed by atoms with Gasteiger partial charge in [-0.05, 0) is 69.3 Å². The van der Waals surface area contributed by atoms with Crippen LogP contribution in [0.2, 0.25) is 0 Å². The van der Waals surface area contributed by atoms with Gasteiger partial charge in [0.1, 0.15) is 16.1 Å². The number of pyridine rings is 1. The summed E-state index contributed by atoms with van der Waals surface area (Å²) in [7, 11) is 1.64. The number of H-pyrrole nitrogens is 1. The molecule has 0 fully saturated rings. The van der Waals surface area contributed by atoms with Gasteiger partial charge in [-0.3, -0.25) is 4.79 Å². The molecule has 6 nitrogen and oxygen atoms in total. The lowest BCUT2D eigenvalue weighted by Crippen LogP contribution is -2.43. The van der Waals surface area contributed by atoms with Crippen molar-refractivity contribution in [2.75, 3.05) is 7.11 Å². The summed E-state index contributed by atoms with van der Waals surface area (Å²) >= 11 is 1.42. The summed E-state index contributed by atoms with van der Waals surface area (Å²) in [4.78, 5) is 27.8. The zero-order chi connectivity index (χ0) is 24.0. The molecule has 33 heavy (non-hydrogen) atoms. The van der Waals surface area contributed by atoms with E-state index in [1.165, 1.54) is 11.3 Å². The number of aromatic amines is 1. The first-order valence-electron chi connectivity index (χ1n) is 10.7. The molecule has 0 saturated heterocycles. The number of methoxy groups -OCH3 is 1. The average molecular weight is 465 g/mol. The summed E-state index contributed by atoms with van der Waals surface area (Å²) < 4.78 is 11.8. The van der Waals surface area contributed by atoms with E-state index in [4.69, 9.17) is 9.47 Å². The number of aromatic nitrogens is 1. The van der Waals surface area contributed by atoms with Gasteiger partial charge in [-0.1, -0.05) is 24.3 Å². The van der Waals surface area contributed by atoms with E-state index < -0.39 is 17.2 Å². The largest absolute Gasteiger partial charge is 0.496 e. The summed E-state index contributed by atoms with van der Waals surface area (Å²) in [6, 6.07) is 13.7. The van der Waals surface area contributed by atoms with Crippen molar-refractivity contribution in [2.24, 2.45) is 0 Å². The minimum absolute atomic E-state index is 0.0890. The van der Waals surface area contributed by atoms with Crippen LogP contribution in [0.3, 0.4) is 0 Å². The van der Waals surface area contributed by atoms with Crippen molar-refractivity contribution in [3.63, 3.8) is 0 Å².